The van der Waals surface area contributed by atoms with Gasteiger partial charge in [0, 0.05) is 41.3 Å². The number of anilines is 3. The lowest BCUT2D eigenvalue weighted by Crippen LogP contribution is -2.36. The van der Waals surface area contributed by atoms with Crippen molar-refractivity contribution < 1.29 is 23.8 Å². The summed E-state index contributed by atoms with van der Waals surface area (Å²) in [4.78, 5) is 28.2. The van der Waals surface area contributed by atoms with E-state index in [1.165, 1.54) is 7.11 Å². The Kier molecular flexibility index (Phi) is 8.50. The first-order valence-electron chi connectivity index (χ1n) is 13.4. The van der Waals surface area contributed by atoms with Gasteiger partial charge in [-0.2, -0.15) is 0 Å². The Balaban J connectivity index is 1.26. The predicted molar refractivity (Wildman–Crippen MR) is 162 cm³/mol. The lowest BCUT2D eigenvalue weighted by Gasteiger charge is -2.28. The summed E-state index contributed by atoms with van der Waals surface area (Å²) in [5.41, 5.74) is 6.45. The first kappa shape index (κ1) is 27.7. The number of methoxy groups -OCH3 is 2. The van der Waals surface area contributed by atoms with Gasteiger partial charge in [-0.05, 0) is 90.3 Å². The van der Waals surface area contributed by atoms with Gasteiger partial charge in [0.2, 0.25) is 0 Å². The molecule has 1 aliphatic rings. The molecular formula is C33H33N3O5. The highest BCUT2D eigenvalue weighted by Gasteiger charge is 2.14. The second kappa shape index (κ2) is 12.6. The van der Waals surface area contributed by atoms with Crippen molar-refractivity contribution in [1.29, 1.82) is 0 Å². The Hall–Kier alpha value is -4.82. The van der Waals surface area contributed by atoms with Crippen LogP contribution in [-0.4, -0.2) is 52.3 Å². The molecule has 5 rings (SSSR count). The number of nitrogens with zero attached hydrogens (tertiary/aromatic N) is 1. The molecule has 4 aromatic rings. The lowest BCUT2D eigenvalue weighted by molar-refractivity contribution is 0.101. The predicted octanol–water partition coefficient (Wildman–Crippen LogP) is 6.02. The molecule has 8 heteroatoms. The van der Waals surface area contributed by atoms with E-state index in [9.17, 15) is 9.59 Å². The molecule has 8 nitrogen and oxygen atoms in total. The number of carbonyl (C=O) groups is 2. The molecule has 0 aromatic heterocycles. The van der Waals surface area contributed by atoms with Crippen molar-refractivity contribution in [2.24, 2.45) is 0 Å². The molecule has 4 aromatic carbocycles. The molecule has 0 unspecified atom stereocenters. The molecule has 41 heavy (non-hydrogen) atoms. The number of aryl methyl sites for hydroxylation is 1. The fraction of sp³-hybridized carbons (Fsp3) is 0.212. The Bertz CT molecular complexity index is 1530. The van der Waals surface area contributed by atoms with Crippen molar-refractivity contribution in [3.8, 4) is 22.6 Å². The van der Waals surface area contributed by atoms with Crippen LogP contribution in [0, 0.1) is 6.92 Å². The van der Waals surface area contributed by atoms with Crippen LogP contribution >= 0.6 is 0 Å². The molecule has 2 N–H and O–H groups in total. The van der Waals surface area contributed by atoms with Gasteiger partial charge >= 0.3 is 0 Å². The number of morpholine rings is 1. The van der Waals surface area contributed by atoms with E-state index in [-0.39, 0.29) is 11.8 Å². The van der Waals surface area contributed by atoms with Gasteiger partial charge in [0.25, 0.3) is 11.8 Å². The van der Waals surface area contributed by atoms with E-state index in [0.29, 0.717) is 28.3 Å². The molecule has 1 heterocycles. The number of ether oxygens (including phenoxy) is 3. The number of amides is 2. The second-order valence-electron chi connectivity index (χ2n) is 9.73. The van der Waals surface area contributed by atoms with Gasteiger partial charge < -0.3 is 29.7 Å². The number of nitrogens with one attached hydrogen (secondary N) is 2. The molecular weight excluding hydrogens is 518 g/mol. The monoisotopic (exact) mass is 551 g/mol. The van der Waals surface area contributed by atoms with Gasteiger partial charge in [0.15, 0.2) is 11.5 Å². The Morgan fingerprint density at radius 2 is 1.27 bits per heavy atom. The first-order chi connectivity index (χ1) is 19.9. The van der Waals surface area contributed by atoms with Crippen LogP contribution < -0.4 is 25.0 Å². The van der Waals surface area contributed by atoms with Crippen molar-refractivity contribution in [3.05, 3.63) is 102 Å². The smallest absolute Gasteiger partial charge is 0.255 e. The normalized spacial score (nSPS) is 12.9. The van der Waals surface area contributed by atoms with Crippen LogP contribution in [0.15, 0.2) is 84.9 Å². The molecule has 0 bridgehead atoms. The van der Waals surface area contributed by atoms with Gasteiger partial charge in [-0.15, -0.1) is 0 Å². The van der Waals surface area contributed by atoms with Gasteiger partial charge in [-0.25, -0.2) is 0 Å². The quantitative estimate of drug-likeness (QED) is 0.278. The highest BCUT2D eigenvalue weighted by atomic mass is 16.5. The maximum atomic E-state index is 13.1. The summed E-state index contributed by atoms with van der Waals surface area (Å²) in [7, 11) is 3.08. The summed E-state index contributed by atoms with van der Waals surface area (Å²) in [5.74, 6) is 0.608. The molecule has 0 spiro atoms. The summed E-state index contributed by atoms with van der Waals surface area (Å²) < 4.78 is 16.0. The standard InChI is InChI=1S/C33H33N3O5/c1-22-4-5-24(32(37)35-27-11-13-28(14-12-27)36-16-18-41-19-17-36)20-29(22)23-6-9-26(10-7-23)34-33(38)25-8-15-30(39-2)31(21-25)40-3/h4-15,20-21H,16-19H2,1-3H3,(H,34,38)(H,35,37). The van der Waals surface area contributed by atoms with Crippen LogP contribution in [0.3, 0.4) is 0 Å². The maximum Gasteiger partial charge on any atom is 0.255 e. The van der Waals surface area contributed by atoms with E-state index >= 15 is 0 Å². The third-order valence-electron chi connectivity index (χ3n) is 7.10. The number of hydrogen-bond acceptors (Lipinski definition) is 6. The molecule has 0 radical (unpaired) electrons. The largest absolute Gasteiger partial charge is 0.493 e. The van der Waals surface area contributed by atoms with Crippen LogP contribution in [0.4, 0.5) is 17.1 Å². The summed E-state index contributed by atoms with van der Waals surface area (Å²) in [6, 6.07) is 26.1. The number of hydrogen-bond donors (Lipinski definition) is 2. The Morgan fingerprint density at radius 3 is 1.88 bits per heavy atom. The second-order valence-corrected chi connectivity index (χ2v) is 9.73. The van der Waals surface area contributed by atoms with Crippen LogP contribution in [0.1, 0.15) is 26.3 Å². The molecule has 0 aliphatic carbocycles. The minimum atomic E-state index is -0.258. The maximum absolute atomic E-state index is 13.1. The molecule has 210 valence electrons. The zero-order chi connectivity index (χ0) is 28.8. The minimum absolute atomic E-state index is 0.177. The lowest BCUT2D eigenvalue weighted by atomic mass is 9.97. The first-order valence-corrected chi connectivity index (χ1v) is 13.4. The highest BCUT2D eigenvalue weighted by molar-refractivity contribution is 6.06. The summed E-state index contributed by atoms with van der Waals surface area (Å²) in [6.07, 6.45) is 0. The zero-order valence-electron chi connectivity index (χ0n) is 23.4. The van der Waals surface area contributed by atoms with Crippen molar-refractivity contribution in [3.63, 3.8) is 0 Å². The molecule has 0 saturated carbocycles. The number of carbonyl (C=O) groups excluding carboxylic acids is 2. The third-order valence-corrected chi connectivity index (χ3v) is 7.10. The molecule has 2 amide bonds. The zero-order valence-corrected chi connectivity index (χ0v) is 23.4. The van der Waals surface area contributed by atoms with E-state index in [4.69, 9.17) is 14.2 Å². The molecule has 1 fully saturated rings. The van der Waals surface area contributed by atoms with Gasteiger partial charge in [0.05, 0.1) is 27.4 Å². The van der Waals surface area contributed by atoms with Crippen molar-refractivity contribution in [1.82, 2.24) is 0 Å². The number of rotatable bonds is 8. The fourth-order valence-corrected chi connectivity index (χ4v) is 4.77. The average molecular weight is 552 g/mol. The molecule has 0 atom stereocenters. The van der Waals surface area contributed by atoms with Crippen LogP contribution in [0.5, 0.6) is 11.5 Å². The van der Waals surface area contributed by atoms with E-state index in [1.54, 1.807) is 25.3 Å². The topological polar surface area (TPSA) is 89.1 Å². The van der Waals surface area contributed by atoms with E-state index in [2.05, 4.69) is 15.5 Å². The van der Waals surface area contributed by atoms with Gasteiger partial charge in [0.1, 0.15) is 0 Å². The van der Waals surface area contributed by atoms with E-state index in [1.807, 2.05) is 73.7 Å². The fourth-order valence-electron chi connectivity index (χ4n) is 4.77. The van der Waals surface area contributed by atoms with E-state index < -0.39 is 0 Å². The van der Waals surface area contributed by atoms with Crippen molar-refractivity contribution >= 4 is 28.9 Å². The number of benzene rings is 4. The van der Waals surface area contributed by atoms with E-state index in [0.717, 1.165) is 54.4 Å². The summed E-state index contributed by atoms with van der Waals surface area (Å²) >= 11 is 0. The van der Waals surface area contributed by atoms with Gasteiger partial charge in [-0.1, -0.05) is 18.2 Å². The minimum Gasteiger partial charge on any atom is -0.493 e. The average Bonchev–Trinajstić information content (AvgIpc) is 3.02. The molecule has 1 aliphatic heterocycles. The third kappa shape index (κ3) is 6.50. The SMILES string of the molecule is COc1ccc(C(=O)Nc2ccc(-c3cc(C(=O)Nc4ccc(N5CCOCC5)cc4)ccc3C)cc2)cc1OC. The van der Waals surface area contributed by atoms with Crippen molar-refractivity contribution in [2.75, 3.05) is 56.1 Å². The summed E-state index contributed by atoms with van der Waals surface area (Å²) in [6.45, 7) is 5.19. The van der Waals surface area contributed by atoms with Crippen LogP contribution in [-0.2, 0) is 4.74 Å². The highest BCUT2D eigenvalue weighted by Crippen LogP contribution is 2.29. The van der Waals surface area contributed by atoms with Crippen LogP contribution in [0.2, 0.25) is 0 Å². The summed E-state index contributed by atoms with van der Waals surface area (Å²) in [5, 5.41) is 5.91. The Labute approximate surface area is 239 Å². The van der Waals surface area contributed by atoms with Crippen LogP contribution in [0.25, 0.3) is 11.1 Å². The Morgan fingerprint density at radius 1 is 0.707 bits per heavy atom. The molecule has 1 saturated heterocycles. The van der Waals surface area contributed by atoms with Crippen molar-refractivity contribution in [2.45, 2.75) is 6.92 Å². The van der Waals surface area contributed by atoms with Gasteiger partial charge in [-0.3, -0.25) is 9.59 Å².